The number of halogens is 2. The highest BCUT2D eigenvalue weighted by Gasteiger charge is 2.10. The summed E-state index contributed by atoms with van der Waals surface area (Å²) in [5, 5.41) is 8.29. The van der Waals surface area contributed by atoms with Crippen LogP contribution >= 0.6 is 23.2 Å². The van der Waals surface area contributed by atoms with E-state index in [2.05, 4.69) is 4.98 Å². The quantitative estimate of drug-likeness (QED) is 0.672. The molecule has 19 heavy (non-hydrogen) atoms. The second-order valence-corrected chi connectivity index (χ2v) is 4.62. The van der Waals surface area contributed by atoms with E-state index in [1.807, 2.05) is 12.1 Å². The van der Waals surface area contributed by atoms with Gasteiger partial charge in [0.1, 0.15) is 17.5 Å². The monoisotopic (exact) mass is 295 g/mol. The number of aromatic nitrogens is 1. The highest BCUT2D eigenvalue weighted by Crippen LogP contribution is 2.26. The zero-order chi connectivity index (χ0) is 13.8. The highest BCUT2D eigenvalue weighted by atomic mass is 35.5. The van der Waals surface area contributed by atoms with Gasteiger partial charge >= 0.3 is 0 Å². The Bertz CT molecular complexity index is 599. The molecule has 0 fully saturated rings. The molecule has 4 nitrogen and oxygen atoms in total. The molecule has 1 aromatic carbocycles. The van der Waals surface area contributed by atoms with Crippen molar-refractivity contribution in [1.29, 1.82) is 5.41 Å². The van der Waals surface area contributed by atoms with Crippen LogP contribution < -0.4 is 10.5 Å². The molecule has 2 rings (SSSR count). The van der Waals surface area contributed by atoms with Crippen molar-refractivity contribution in [3.63, 3.8) is 0 Å². The predicted octanol–water partition coefficient (Wildman–Crippen LogP) is 3.25. The van der Waals surface area contributed by atoms with Gasteiger partial charge in [0.05, 0.1) is 0 Å². The van der Waals surface area contributed by atoms with Gasteiger partial charge in [0.2, 0.25) is 5.88 Å². The smallest absolute Gasteiger partial charge is 0.233 e. The Balaban J connectivity index is 2.13. The second-order valence-electron chi connectivity index (χ2n) is 3.81. The molecule has 2 aromatic rings. The third-order valence-electron chi connectivity index (χ3n) is 2.44. The van der Waals surface area contributed by atoms with Crippen molar-refractivity contribution >= 4 is 29.0 Å². The molecule has 0 unspecified atom stereocenters. The lowest BCUT2D eigenvalue weighted by Crippen LogP contribution is -2.12. The summed E-state index contributed by atoms with van der Waals surface area (Å²) >= 11 is 11.9. The SMILES string of the molecule is N=C(N)c1ccnc(OCc2ccc(Cl)cc2)c1Cl. The summed E-state index contributed by atoms with van der Waals surface area (Å²) in [7, 11) is 0. The molecule has 1 heterocycles. The van der Waals surface area contributed by atoms with E-state index in [4.69, 9.17) is 39.1 Å². The summed E-state index contributed by atoms with van der Waals surface area (Å²) in [4.78, 5) is 4.02. The largest absolute Gasteiger partial charge is 0.472 e. The Labute approximate surface area is 120 Å². The van der Waals surface area contributed by atoms with E-state index in [9.17, 15) is 0 Å². The van der Waals surface area contributed by atoms with E-state index >= 15 is 0 Å². The maximum atomic E-state index is 7.39. The van der Waals surface area contributed by atoms with E-state index in [1.54, 1.807) is 18.2 Å². The fourth-order valence-electron chi connectivity index (χ4n) is 1.47. The van der Waals surface area contributed by atoms with Gasteiger partial charge < -0.3 is 10.5 Å². The van der Waals surface area contributed by atoms with Crippen molar-refractivity contribution in [2.75, 3.05) is 0 Å². The van der Waals surface area contributed by atoms with E-state index in [1.165, 1.54) is 6.20 Å². The van der Waals surface area contributed by atoms with Crippen LogP contribution in [0.5, 0.6) is 5.88 Å². The summed E-state index contributed by atoms with van der Waals surface area (Å²) in [6.45, 7) is 0.311. The molecule has 0 aliphatic rings. The first-order valence-corrected chi connectivity index (χ1v) is 6.19. The number of nitrogens with zero attached hydrogens (tertiary/aromatic N) is 1. The molecule has 0 saturated carbocycles. The van der Waals surface area contributed by atoms with Crippen LogP contribution in [0.2, 0.25) is 10.0 Å². The number of nitrogens with two attached hydrogens (primary N) is 1. The number of rotatable bonds is 4. The number of hydrogen-bond acceptors (Lipinski definition) is 3. The zero-order valence-electron chi connectivity index (χ0n) is 9.86. The van der Waals surface area contributed by atoms with Crippen LogP contribution in [0.25, 0.3) is 0 Å². The van der Waals surface area contributed by atoms with Gasteiger partial charge in [-0.2, -0.15) is 0 Å². The molecule has 0 amide bonds. The van der Waals surface area contributed by atoms with Crippen molar-refractivity contribution in [2.45, 2.75) is 6.61 Å². The molecular formula is C13H11Cl2N3O. The third kappa shape index (κ3) is 3.36. The summed E-state index contributed by atoms with van der Waals surface area (Å²) in [5.41, 5.74) is 6.75. The van der Waals surface area contributed by atoms with Crippen molar-refractivity contribution in [1.82, 2.24) is 4.98 Å². The zero-order valence-corrected chi connectivity index (χ0v) is 11.4. The minimum atomic E-state index is -0.122. The molecule has 98 valence electrons. The highest BCUT2D eigenvalue weighted by molar-refractivity contribution is 6.35. The average molecular weight is 296 g/mol. The van der Waals surface area contributed by atoms with Crippen molar-refractivity contribution in [3.05, 3.63) is 57.7 Å². The Kier molecular flexibility index (Phi) is 4.24. The van der Waals surface area contributed by atoms with Crippen LogP contribution in [0.3, 0.4) is 0 Å². The number of benzene rings is 1. The van der Waals surface area contributed by atoms with Gasteiger partial charge in [-0.3, -0.25) is 5.41 Å². The summed E-state index contributed by atoms with van der Waals surface area (Å²) < 4.78 is 5.52. The molecule has 0 spiro atoms. The lowest BCUT2D eigenvalue weighted by atomic mass is 10.2. The van der Waals surface area contributed by atoms with Gasteiger partial charge in [0.25, 0.3) is 0 Å². The van der Waals surface area contributed by atoms with Gasteiger partial charge in [-0.25, -0.2) is 4.98 Å². The Morgan fingerprint density at radius 2 is 1.89 bits per heavy atom. The molecular weight excluding hydrogens is 285 g/mol. The summed E-state index contributed by atoms with van der Waals surface area (Å²) in [6.07, 6.45) is 1.50. The first kappa shape index (κ1) is 13.6. The Hall–Kier alpha value is -1.78. The normalized spacial score (nSPS) is 10.2. The fourth-order valence-corrected chi connectivity index (χ4v) is 1.86. The molecule has 0 aliphatic heterocycles. The van der Waals surface area contributed by atoms with Crippen LogP contribution in [-0.4, -0.2) is 10.8 Å². The summed E-state index contributed by atoms with van der Waals surface area (Å²) in [6, 6.07) is 8.83. The van der Waals surface area contributed by atoms with E-state index < -0.39 is 0 Å². The number of pyridine rings is 1. The standard InChI is InChI=1S/C13H11Cl2N3O/c14-9-3-1-8(2-4-9)7-19-13-11(15)10(12(16)17)5-6-18-13/h1-6H,7H2,(H3,16,17). The van der Waals surface area contributed by atoms with Gasteiger partial charge in [-0.05, 0) is 23.8 Å². The first-order valence-electron chi connectivity index (χ1n) is 5.44. The lowest BCUT2D eigenvalue weighted by Gasteiger charge is -2.09. The van der Waals surface area contributed by atoms with Gasteiger partial charge in [0.15, 0.2) is 0 Å². The molecule has 0 bridgehead atoms. The molecule has 0 aliphatic carbocycles. The lowest BCUT2D eigenvalue weighted by molar-refractivity contribution is 0.294. The van der Waals surface area contributed by atoms with Crippen molar-refractivity contribution in [2.24, 2.45) is 5.73 Å². The van der Waals surface area contributed by atoms with Crippen LogP contribution in [0, 0.1) is 5.41 Å². The van der Waals surface area contributed by atoms with Crippen molar-refractivity contribution in [3.8, 4) is 5.88 Å². The van der Waals surface area contributed by atoms with Gasteiger partial charge in [-0.1, -0.05) is 35.3 Å². The minimum Gasteiger partial charge on any atom is -0.472 e. The van der Waals surface area contributed by atoms with E-state index in [-0.39, 0.29) is 16.7 Å². The molecule has 0 saturated heterocycles. The van der Waals surface area contributed by atoms with Crippen molar-refractivity contribution < 1.29 is 4.74 Å². The van der Waals surface area contributed by atoms with E-state index in [0.717, 1.165) is 5.56 Å². The minimum absolute atomic E-state index is 0.122. The van der Waals surface area contributed by atoms with Crippen LogP contribution in [0.15, 0.2) is 36.5 Å². The topological polar surface area (TPSA) is 72.0 Å². The first-order chi connectivity index (χ1) is 9.08. The maximum absolute atomic E-state index is 7.39. The summed E-state index contributed by atoms with van der Waals surface area (Å²) in [5.74, 6) is 0.132. The van der Waals surface area contributed by atoms with Gasteiger partial charge in [0, 0.05) is 16.8 Å². The number of amidine groups is 1. The number of nitrogen functional groups attached to an aromatic ring is 1. The molecule has 3 N–H and O–H groups in total. The molecule has 0 atom stereocenters. The Morgan fingerprint density at radius 1 is 1.21 bits per heavy atom. The van der Waals surface area contributed by atoms with Crippen LogP contribution in [0.4, 0.5) is 0 Å². The Morgan fingerprint density at radius 3 is 2.53 bits per heavy atom. The number of nitrogens with one attached hydrogen (secondary N) is 1. The molecule has 0 radical (unpaired) electrons. The molecule has 6 heteroatoms. The average Bonchev–Trinajstić information content (AvgIpc) is 2.39. The number of hydrogen-bond donors (Lipinski definition) is 2. The third-order valence-corrected chi connectivity index (χ3v) is 3.05. The van der Waals surface area contributed by atoms with E-state index in [0.29, 0.717) is 17.2 Å². The second kappa shape index (κ2) is 5.91. The van der Waals surface area contributed by atoms with Gasteiger partial charge in [-0.15, -0.1) is 0 Å². The number of ether oxygens (including phenoxy) is 1. The van der Waals surface area contributed by atoms with Crippen LogP contribution in [0.1, 0.15) is 11.1 Å². The fraction of sp³-hybridized carbons (Fsp3) is 0.0769. The molecule has 1 aromatic heterocycles. The van der Waals surface area contributed by atoms with Crippen LogP contribution in [-0.2, 0) is 6.61 Å². The maximum Gasteiger partial charge on any atom is 0.233 e. The predicted molar refractivity (Wildman–Crippen MR) is 76.0 cm³/mol.